The summed E-state index contributed by atoms with van der Waals surface area (Å²) in [5.74, 6) is 0.540. The first kappa shape index (κ1) is 16.9. The summed E-state index contributed by atoms with van der Waals surface area (Å²) >= 11 is 0. The molecule has 0 bridgehead atoms. The predicted octanol–water partition coefficient (Wildman–Crippen LogP) is 3.35. The van der Waals surface area contributed by atoms with Crippen molar-refractivity contribution in [2.75, 3.05) is 17.7 Å². The van der Waals surface area contributed by atoms with Crippen LogP contribution in [0.3, 0.4) is 0 Å². The third kappa shape index (κ3) is 4.13. The quantitative estimate of drug-likeness (QED) is 0.735. The lowest BCUT2D eigenvalue weighted by atomic mass is 10.2. The van der Waals surface area contributed by atoms with Crippen molar-refractivity contribution in [1.29, 1.82) is 5.26 Å². The minimum Gasteiger partial charge on any atom is -0.497 e. The Morgan fingerprint density at radius 2 is 1.92 bits per heavy atom. The zero-order valence-corrected chi connectivity index (χ0v) is 13.9. The molecule has 0 spiro atoms. The monoisotopic (exact) mass is 345 g/mol. The Kier molecular flexibility index (Phi) is 5.05. The first-order valence-corrected chi connectivity index (χ1v) is 7.73. The molecule has 0 radical (unpaired) electrons. The fraction of sp³-hybridized carbons (Fsp3) is 0.0526. The van der Waals surface area contributed by atoms with E-state index in [1.165, 1.54) is 12.3 Å². The SMILES string of the molecule is COc1cccc(NC(=O)c2ccnc(Nc3cccc(C#N)c3)n2)c1. The zero-order valence-electron chi connectivity index (χ0n) is 13.9. The van der Waals surface area contributed by atoms with Crippen molar-refractivity contribution in [3.63, 3.8) is 0 Å². The lowest BCUT2D eigenvalue weighted by Gasteiger charge is -2.08. The van der Waals surface area contributed by atoms with Crippen LogP contribution < -0.4 is 15.4 Å². The number of aromatic nitrogens is 2. The highest BCUT2D eigenvalue weighted by Crippen LogP contribution is 2.18. The molecule has 0 aliphatic heterocycles. The van der Waals surface area contributed by atoms with E-state index in [0.717, 1.165) is 0 Å². The van der Waals surface area contributed by atoms with E-state index in [0.29, 0.717) is 22.7 Å². The lowest BCUT2D eigenvalue weighted by Crippen LogP contribution is -2.14. The minimum atomic E-state index is -0.366. The van der Waals surface area contributed by atoms with Gasteiger partial charge in [-0.2, -0.15) is 5.26 Å². The van der Waals surface area contributed by atoms with Crippen molar-refractivity contribution in [2.24, 2.45) is 0 Å². The van der Waals surface area contributed by atoms with Gasteiger partial charge in [0.05, 0.1) is 18.7 Å². The molecule has 0 atom stereocenters. The van der Waals surface area contributed by atoms with Gasteiger partial charge in [-0.25, -0.2) is 9.97 Å². The van der Waals surface area contributed by atoms with Gasteiger partial charge in [0.1, 0.15) is 11.4 Å². The molecule has 26 heavy (non-hydrogen) atoms. The van der Waals surface area contributed by atoms with Crippen LogP contribution in [0.2, 0.25) is 0 Å². The molecule has 128 valence electrons. The maximum absolute atomic E-state index is 12.4. The summed E-state index contributed by atoms with van der Waals surface area (Å²) in [6.45, 7) is 0. The zero-order chi connectivity index (χ0) is 18.4. The fourth-order valence-electron chi connectivity index (χ4n) is 2.24. The molecule has 0 aliphatic rings. The first-order chi connectivity index (χ1) is 12.7. The normalized spacial score (nSPS) is 9.85. The van der Waals surface area contributed by atoms with Crippen molar-refractivity contribution >= 4 is 23.2 Å². The number of nitriles is 1. The fourth-order valence-corrected chi connectivity index (χ4v) is 2.24. The minimum absolute atomic E-state index is 0.210. The number of benzene rings is 2. The molecule has 0 aliphatic carbocycles. The number of carbonyl (C=O) groups is 1. The number of methoxy groups -OCH3 is 1. The number of anilines is 3. The Morgan fingerprint density at radius 1 is 1.12 bits per heavy atom. The molecular formula is C19H15N5O2. The number of rotatable bonds is 5. The summed E-state index contributed by atoms with van der Waals surface area (Å²) in [4.78, 5) is 20.7. The van der Waals surface area contributed by atoms with Crippen LogP contribution in [-0.4, -0.2) is 23.0 Å². The highest BCUT2D eigenvalue weighted by atomic mass is 16.5. The van der Waals surface area contributed by atoms with Gasteiger partial charge in [0.15, 0.2) is 0 Å². The van der Waals surface area contributed by atoms with E-state index in [9.17, 15) is 4.79 Å². The van der Waals surface area contributed by atoms with Gasteiger partial charge in [0, 0.05) is 23.6 Å². The molecule has 1 aromatic heterocycles. The Morgan fingerprint density at radius 3 is 2.73 bits per heavy atom. The van der Waals surface area contributed by atoms with Gasteiger partial charge < -0.3 is 15.4 Å². The number of hydrogen-bond acceptors (Lipinski definition) is 6. The molecule has 3 rings (SSSR count). The largest absolute Gasteiger partial charge is 0.497 e. The summed E-state index contributed by atoms with van der Waals surface area (Å²) in [5.41, 5.74) is 1.99. The second-order valence-corrected chi connectivity index (χ2v) is 5.27. The maximum Gasteiger partial charge on any atom is 0.274 e. The Bertz CT molecular complexity index is 981. The van der Waals surface area contributed by atoms with Gasteiger partial charge in [0.25, 0.3) is 5.91 Å². The molecule has 2 N–H and O–H groups in total. The van der Waals surface area contributed by atoms with Crippen LogP contribution in [0.15, 0.2) is 60.8 Å². The number of hydrogen-bond donors (Lipinski definition) is 2. The van der Waals surface area contributed by atoms with Gasteiger partial charge >= 0.3 is 0 Å². The standard InChI is InChI=1S/C19H15N5O2/c1-26-16-7-3-6-15(11-16)22-18(25)17-8-9-21-19(24-17)23-14-5-2-4-13(10-14)12-20/h2-11H,1H3,(H,22,25)(H,21,23,24). The van der Waals surface area contributed by atoms with E-state index in [2.05, 4.69) is 26.7 Å². The predicted molar refractivity (Wildman–Crippen MR) is 97.4 cm³/mol. The molecule has 2 aromatic carbocycles. The highest BCUT2D eigenvalue weighted by Gasteiger charge is 2.10. The van der Waals surface area contributed by atoms with Crippen LogP contribution in [-0.2, 0) is 0 Å². The van der Waals surface area contributed by atoms with Crippen LogP contribution >= 0.6 is 0 Å². The third-order valence-electron chi connectivity index (χ3n) is 3.46. The van der Waals surface area contributed by atoms with E-state index >= 15 is 0 Å². The average molecular weight is 345 g/mol. The number of nitrogens with one attached hydrogen (secondary N) is 2. The molecule has 0 unspecified atom stereocenters. The third-order valence-corrected chi connectivity index (χ3v) is 3.46. The van der Waals surface area contributed by atoms with Crippen molar-refractivity contribution < 1.29 is 9.53 Å². The van der Waals surface area contributed by atoms with Gasteiger partial charge in [-0.15, -0.1) is 0 Å². The second kappa shape index (κ2) is 7.77. The van der Waals surface area contributed by atoms with Crippen molar-refractivity contribution in [3.8, 4) is 11.8 Å². The summed E-state index contributed by atoms with van der Waals surface area (Å²) in [6, 6.07) is 17.5. The van der Waals surface area contributed by atoms with Gasteiger partial charge in [-0.05, 0) is 36.4 Å². The van der Waals surface area contributed by atoms with E-state index in [1.807, 2.05) is 0 Å². The molecular weight excluding hydrogens is 330 g/mol. The summed E-state index contributed by atoms with van der Waals surface area (Å²) < 4.78 is 5.14. The summed E-state index contributed by atoms with van der Waals surface area (Å²) in [6.07, 6.45) is 1.49. The Hall–Kier alpha value is -3.92. The molecule has 3 aromatic rings. The van der Waals surface area contributed by atoms with E-state index in [-0.39, 0.29) is 17.5 Å². The van der Waals surface area contributed by atoms with Crippen LogP contribution in [0, 0.1) is 11.3 Å². The van der Waals surface area contributed by atoms with Crippen LogP contribution in [0.5, 0.6) is 5.75 Å². The summed E-state index contributed by atoms with van der Waals surface area (Å²) in [7, 11) is 1.56. The Labute approximate surface area is 150 Å². The number of amides is 1. The molecule has 0 saturated carbocycles. The highest BCUT2D eigenvalue weighted by molar-refractivity contribution is 6.03. The van der Waals surface area contributed by atoms with Crippen molar-refractivity contribution in [3.05, 3.63) is 72.1 Å². The van der Waals surface area contributed by atoms with Gasteiger partial charge in [0.2, 0.25) is 5.95 Å². The molecule has 7 nitrogen and oxygen atoms in total. The van der Waals surface area contributed by atoms with Gasteiger partial charge in [-0.3, -0.25) is 4.79 Å². The Balaban J connectivity index is 1.75. The number of ether oxygens (including phenoxy) is 1. The molecule has 0 saturated heterocycles. The molecule has 0 fully saturated rings. The van der Waals surface area contributed by atoms with Crippen molar-refractivity contribution in [1.82, 2.24) is 9.97 Å². The topological polar surface area (TPSA) is 99.9 Å². The van der Waals surface area contributed by atoms with Crippen LogP contribution in [0.1, 0.15) is 16.1 Å². The first-order valence-electron chi connectivity index (χ1n) is 7.73. The van der Waals surface area contributed by atoms with E-state index < -0.39 is 0 Å². The lowest BCUT2D eigenvalue weighted by molar-refractivity contribution is 0.102. The van der Waals surface area contributed by atoms with E-state index in [4.69, 9.17) is 10.00 Å². The number of nitrogens with zero attached hydrogens (tertiary/aromatic N) is 3. The van der Waals surface area contributed by atoms with Gasteiger partial charge in [-0.1, -0.05) is 12.1 Å². The van der Waals surface area contributed by atoms with Crippen LogP contribution in [0.25, 0.3) is 0 Å². The molecule has 7 heteroatoms. The smallest absolute Gasteiger partial charge is 0.274 e. The molecule has 1 heterocycles. The number of carbonyl (C=O) groups excluding carboxylic acids is 1. The van der Waals surface area contributed by atoms with Crippen molar-refractivity contribution in [2.45, 2.75) is 0 Å². The maximum atomic E-state index is 12.4. The second-order valence-electron chi connectivity index (χ2n) is 5.27. The summed E-state index contributed by atoms with van der Waals surface area (Å²) in [5, 5.41) is 14.7. The molecule has 1 amide bonds. The average Bonchev–Trinajstić information content (AvgIpc) is 2.68. The van der Waals surface area contributed by atoms with Crippen LogP contribution in [0.4, 0.5) is 17.3 Å². The van der Waals surface area contributed by atoms with E-state index in [1.54, 1.807) is 55.6 Å².